The molecule has 1 unspecified atom stereocenters. The van der Waals surface area contributed by atoms with E-state index in [-0.39, 0.29) is 6.04 Å². The lowest BCUT2D eigenvalue weighted by Gasteiger charge is -2.24. The highest BCUT2D eigenvalue weighted by molar-refractivity contribution is 7.99. The number of benzene rings is 1. The summed E-state index contributed by atoms with van der Waals surface area (Å²) in [5.74, 6) is 4.04. The number of thioether (sulfide) groups is 1. The molecular weight excluding hydrogens is 258 g/mol. The molecule has 1 fully saturated rings. The molecule has 1 aromatic rings. The van der Waals surface area contributed by atoms with Crippen molar-refractivity contribution in [2.24, 2.45) is 5.73 Å². The molecule has 19 heavy (non-hydrogen) atoms. The zero-order chi connectivity index (χ0) is 13.7. The third-order valence-corrected chi connectivity index (χ3v) is 4.30. The molecule has 1 saturated heterocycles. The normalized spacial score (nSPS) is 18.1. The van der Waals surface area contributed by atoms with Gasteiger partial charge >= 0.3 is 0 Å². The van der Waals surface area contributed by atoms with Gasteiger partial charge in [0.15, 0.2) is 11.5 Å². The van der Waals surface area contributed by atoms with Gasteiger partial charge in [0, 0.05) is 6.04 Å². The molecule has 2 rings (SSSR count). The van der Waals surface area contributed by atoms with Crippen molar-refractivity contribution in [2.75, 3.05) is 18.6 Å². The van der Waals surface area contributed by atoms with E-state index >= 15 is 0 Å². The van der Waals surface area contributed by atoms with Crippen LogP contribution in [0.15, 0.2) is 18.2 Å². The van der Waals surface area contributed by atoms with Crippen molar-refractivity contribution in [1.82, 2.24) is 0 Å². The van der Waals surface area contributed by atoms with E-state index in [0.717, 1.165) is 30.8 Å². The summed E-state index contributed by atoms with van der Waals surface area (Å²) in [6.07, 6.45) is 3.41. The summed E-state index contributed by atoms with van der Waals surface area (Å²) in [6.45, 7) is 2.02. The Morgan fingerprint density at radius 3 is 2.68 bits per heavy atom. The lowest BCUT2D eigenvalue weighted by Crippen LogP contribution is -2.22. The number of hydrogen-bond donors (Lipinski definition) is 1. The first-order valence-electron chi connectivity index (χ1n) is 6.86. The summed E-state index contributed by atoms with van der Waals surface area (Å²) >= 11 is 2.00. The fourth-order valence-corrected chi connectivity index (χ4v) is 3.35. The summed E-state index contributed by atoms with van der Waals surface area (Å²) in [6, 6.07) is 6.27. The zero-order valence-electron chi connectivity index (χ0n) is 11.7. The van der Waals surface area contributed by atoms with Gasteiger partial charge < -0.3 is 15.2 Å². The predicted octanol–water partition coefficient (Wildman–Crippen LogP) is 2.86. The van der Waals surface area contributed by atoms with Crippen LogP contribution in [0.4, 0.5) is 0 Å². The van der Waals surface area contributed by atoms with Crippen LogP contribution in [0.25, 0.3) is 0 Å². The number of ether oxygens (including phenoxy) is 2. The average Bonchev–Trinajstić information content (AvgIpc) is 2.39. The maximum absolute atomic E-state index is 6.12. The van der Waals surface area contributed by atoms with E-state index in [2.05, 4.69) is 12.1 Å². The summed E-state index contributed by atoms with van der Waals surface area (Å²) in [5.41, 5.74) is 7.06. The van der Waals surface area contributed by atoms with Gasteiger partial charge in [-0.1, -0.05) is 6.07 Å². The molecule has 1 heterocycles. The topological polar surface area (TPSA) is 44.5 Å². The van der Waals surface area contributed by atoms with E-state index in [1.165, 1.54) is 17.1 Å². The maximum Gasteiger partial charge on any atom is 0.161 e. The fourth-order valence-electron chi connectivity index (χ4n) is 2.29. The Morgan fingerprint density at radius 1 is 1.32 bits per heavy atom. The van der Waals surface area contributed by atoms with Gasteiger partial charge in [-0.05, 0) is 55.4 Å². The third kappa shape index (κ3) is 4.32. The molecule has 1 aromatic carbocycles. The van der Waals surface area contributed by atoms with Gasteiger partial charge in [0.05, 0.1) is 7.11 Å². The molecule has 1 aliphatic rings. The molecule has 4 heteroatoms. The van der Waals surface area contributed by atoms with Crippen molar-refractivity contribution in [3.63, 3.8) is 0 Å². The molecule has 2 N–H and O–H groups in total. The first-order chi connectivity index (χ1) is 9.19. The second-order valence-electron chi connectivity index (χ2n) is 5.10. The van der Waals surface area contributed by atoms with Gasteiger partial charge in [-0.2, -0.15) is 11.8 Å². The van der Waals surface area contributed by atoms with Crippen LogP contribution in [-0.4, -0.2) is 30.8 Å². The first kappa shape index (κ1) is 14.5. The van der Waals surface area contributed by atoms with Crippen LogP contribution in [0, 0.1) is 0 Å². The second-order valence-corrected chi connectivity index (χ2v) is 6.32. The molecule has 0 bridgehead atoms. The van der Waals surface area contributed by atoms with Gasteiger partial charge in [-0.25, -0.2) is 0 Å². The van der Waals surface area contributed by atoms with Crippen molar-refractivity contribution >= 4 is 11.8 Å². The number of rotatable bonds is 5. The van der Waals surface area contributed by atoms with Crippen molar-refractivity contribution in [2.45, 2.75) is 38.3 Å². The van der Waals surface area contributed by atoms with E-state index < -0.39 is 0 Å². The van der Waals surface area contributed by atoms with Crippen molar-refractivity contribution in [1.29, 1.82) is 0 Å². The van der Waals surface area contributed by atoms with E-state index in [0.29, 0.717) is 6.10 Å². The molecule has 1 aliphatic heterocycles. The van der Waals surface area contributed by atoms with Crippen LogP contribution in [0.3, 0.4) is 0 Å². The van der Waals surface area contributed by atoms with Crippen LogP contribution in [0.1, 0.15) is 25.3 Å². The zero-order valence-corrected chi connectivity index (χ0v) is 12.5. The van der Waals surface area contributed by atoms with E-state index in [4.69, 9.17) is 15.2 Å². The predicted molar refractivity (Wildman–Crippen MR) is 81.3 cm³/mol. The standard InChI is InChI=1S/C15H23NO2S/c1-11(16)9-12-3-4-14(17-2)15(10-12)18-13-5-7-19-8-6-13/h3-4,10-11,13H,5-9,16H2,1-2H3. The Balaban J connectivity index is 2.10. The molecule has 0 spiro atoms. The van der Waals surface area contributed by atoms with Crippen molar-refractivity contribution in [3.05, 3.63) is 23.8 Å². The molecule has 0 aromatic heterocycles. The van der Waals surface area contributed by atoms with E-state index in [1.54, 1.807) is 7.11 Å². The lowest BCUT2D eigenvalue weighted by atomic mass is 10.1. The Bertz CT molecular complexity index is 403. The molecular formula is C15H23NO2S. The minimum Gasteiger partial charge on any atom is -0.493 e. The van der Waals surface area contributed by atoms with Crippen LogP contribution in [0.2, 0.25) is 0 Å². The maximum atomic E-state index is 6.12. The summed E-state index contributed by atoms with van der Waals surface area (Å²) < 4.78 is 11.5. The van der Waals surface area contributed by atoms with Gasteiger partial charge in [-0.3, -0.25) is 0 Å². The Labute approximate surface area is 119 Å². The highest BCUT2D eigenvalue weighted by atomic mass is 32.2. The molecule has 0 radical (unpaired) electrons. The SMILES string of the molecule is COc1ccc(CC(C)N)cc1OC1CCSCC1. The average molecular weight is 281 g/mol. The largest absolute Gasteiger partial charge is 0.493 e. The van der Waals surface area contributed by atoms with Gasteiger partial charge in [-0.15, -0.1) is 0 Å². The summed E-state index contributed by atoms with van der Waals surface area (Å²) in [7, 11) is 1.68. The number of nitrogens with two attached hydrogens (primary N) is 1. The second kappa shape index (κ2) is 7.06. The number of methoxy groups -OCH3 is 1. The Morgan fingerprint density at radius 2 is 2.05 bits per heavy atom. The Hall–Kier alpha value is -0.870. The fraction of sp³-hybridized carbons (Fsp3) is 0.600. The highest BCUT2D eigenvalue weighted by Crippen LogP contribution is 2.31. The molecule has 106 valence electrons. The molecule has 3 nitrogen and oxygen atoms in total. The summed E-state index contributed by atoms with van der Waals surface area (Å²) in [5, 5.41) is 0. The van der Waals surface area contributed by atoms with Crippen molar-refractivity contribution in [3.8, 4) is 11.5 Å². The van der Waals surface area contributed by atoms with Gasteiger partial charge in [0.2, 0.25) is 0 Å². The van der Waals surface area contributed by atoms with E-state index in [1.807, 2.05) is 24.8 Å². The highest BCUT2D eigenvalue weighted by Gasteiger charge is 2.17. The minimum absolute atomic E-state index is 0.160. The monoisotopic (exact) mass is 281 g/mol. The van der Waals surface area contributed by atoms with Crippen molar-refractivity contribution < 1.29 is 9.47 Å². The molecule has 0 saturated carbocycles. The smallest absolute Gasteiger partial charge is 0.161 e. The van der Waals surface area contributed by atoms with E-state index in [9.17, 15) is 0 Å². The van der Waals surface area contributed by atoms with Crippen LogP contribution >= 0.6 is 11.8 Å². The quantitative estimate of drug-likeness (QED) is 0.901. The third-order valence-electron chi connectivity index (χ3n) is 3.25. The van der Waals surface area contributed by atoms with Crippen LogP contribution in [-0.2, 0) is 6.42 Å². The van der Waals surface area contributed by atoms with Crippen LogP contribution < -0.4 is 15.2 Å². The van der Waals surface area contributed by atoms with Crippen LogP contribution in [0.5, 0.6) is 11.5 Å². The Kier molecular flexibility index (Phi) is 5.40. The molecule has 0 amide bonds. The lowest BCUT2D eigenvalue weighted by molar-refractivity contribution is 0.184. The first-order valence-corrected chi connectivity index (χ1v) is 8.01. The van der Waals surface area contributed by atoms with Gasteiger partial charge in [0.25, 0.3) is 0 Å². The molecule has 1 atom stereocenters. The molecule has 0 aliphatic carbocycles. The number of hydrogen-bond acceptors (Lipinski definition) is 4. The minimum atomic E-state index is 0.160. The van der Waals surface area contributed by atoms with Gasteiger partial charge in [0.1, 0.15) is 6.10 Å². The summed E-state index contributed by atoms with van der Waals surface area (Å²) in [4.78, 5) is 0.